The average molecular weight is 674 g/mol. The Kier molecular flexibility index (Phi) is 12.5. The summed E-state index contributed by atoms with van der Waals surface area (Å²) in [7, 11) is -2.72. The molecule has 3 aromatic rings. The van der Waals surface area contributed by atoms with E-state index in [-0.39, 0.29) is 53.1 Å². The Morgan fingerprint density at radius 3 is 1.38 bits per heavy atom. The van der Waals surface area contributed by atoms with Crippen molar-refractivity contribution >= 4 is 23.6 Å². The van der Waals surface area contributed by atoms with Crippen LogP contribution in [0.15, 0.2) is 87.3 Å². The van der Waals surface area contributed by atoms with Gasteiger partial charge >= 0.3 is 253 Å². The first-order valence-electron chi connectivity index (χ1n) is 14.4. The predicted molar refractivity (Wildman–Crippen MR) is 170 cm³/mol. The summed E-state index contributed by atoms with van der Waals surface area (Å²) in [6.07, 6.45) is 0. The van der Waals surface area contributed by atoms with Gasteiger partial charge in [0.2, 0.25) is 0 Å². The minimum absolute atomic E-state index is 0. The standard InChI is InChI=1S/C37H47Si.3ClH.Ti/c1-25-18-26(2)20-33(19-25)38(32-16-14-13-15-17-32,37(12)24-27(3)28(4)29(37)5)34-22-30(35(6,7)8)21-31(23-34)36(9,10)11;;;;/h13-23H,1-12H3;3*1H;/q;;;;+3/p-3. The second-order valence-electron chi connectivity index (χ2n) is 14.2. The van der Waals surface area contributed by atoms with Gasteiger partial charge in [-0.25, -0.2) is 0 Å². The van der Waals surface area contributed by atoms with E-state index in [1.807, 2.05) is 0 Å². The van der Waals surface area contributed by atoms with Crippen LogP contribution in [0.3, 0.4) is 0 Å². The molecular formula is C37H47Cl3SiTi. The van der Waals surface area contributed by atoms with Crippen molar-refractivity contribution in [1.82, 2.24) is 0 Å². The van der Waals surface area contributed by atoms with E-state index in [1.54, 1.807) is 0 Å². The second kappa shape index (κ2) is 13.5. The summed E-state index contributed by atoms with van der Waals surface area (Å²) in [5.41, 5.74) is 10.1. The zero-order valence-electron chi connectivity index (χ0n) is 27.5. The van der Waals surface area contributed by atoms with Gasteiger partial charge in [0.25, 0.3) is 0 Å². The minimum Gasteiger partial charge on any atom is -1.00 e. The summed E-state index contributed by atoms with van der Waals surface area (Å²) in [5, 5.41) is 4.43. The first kappa shape index (κ1) is 39.0. The third-order valence-electron chi connectivity index (χ3n) is 9.46. The molecule has 2 unspecified atom stereocenters. The van der Waals surface area contributed by atoms with Crippen LogP contribution in [-0.4, -0.2) is 8.07 Å². The molecule has 1 aliphatic rings. The van der Waals surface area contributed by atoms with Crippen LogP contribution in [0.4, 0.5) is 0 Å². The summed E-state index contributed by atoms with van der Waals surface area (Å²) in [6, 6.07) is 26.6. The third-order valence-corrected chi connectivity index (χ3v) is 16.9. The van der Waals surface area contributed by atoms with Crippen LogP contribution < -0.4 is 52.8 Å². The summed E-state index contributed by atoms with van der Waals surface area (Å²) >= 11 is 2.42. The van der Waals surface area contributed by atoms with Crippen molar-refractivity contribution in [3.8, 4) is 0 Å². The molecule has 0 aromatic heterocycles. The fourth-order valence-corrected chi connectivity index (χ4v) is 14.7. The zero-order chi connectivity index (χ0) is 29.1. The molecule has 224 valence electrons. The molecule has 0 spiro atoms. The summed E-state index contributed by atoms with van der Waals surface area (Å²) < 4.78 is 1.53. The number of halogens is 3. The molecule has 0 radical (unpaired) electrons. The SMILES string of the molecule is CC1=C(C)C(C)([Si](c2ccccc2)(c2cc(C)cc(C)c2)c2cc(C(C)(C)C)cc(C(C)(C)C)c2)[C]([Ti+3])=C1C.[Cl-].[Cl-].[Cl-]. The van der Waals surface area contributed by atoms with Gasteiger partial charge in [-0.2, -0.15) is 0 Å². The summed E-state index contributed by atoms with van der Waals surface area (Å²) in [5.74, 6) is 0. The molecule has 3 aromatic carbocycles. The number of aryl methyl sites for hydroxylation is 2. The smallest absolute Gasteiger partial charge is 1.00 e. The number of hydrogen-bond acceptors (Lipinski definition) is 0. The van der Waals surface area contributed by atoms with Gasteiger partial charge in [-0.05, 0) is 0 Å². The number of benzene rings is 3. The number of hydrogen-bond donors (Lipinski definition) is 0. The Balaban J connectivity index is 0.00000294. The van der Waals surface area contributed by atoms with Crippen molar-refractivity contribution in [1.29, 1.82) is 0 Å². The molecule has 4 rings (SSSR count). The summed E-state index contributed by atoms with van der Waals surface area (Å²) in [6.45, 7) is 28.4. The molecule has 0 amide bonds. The molecule has 0 aliphatic heterocycles. The fraction of sp³-hybridized carbons (Fsp3) is 0.405. The quantitative estimate of drug-likeness (QED) is 0.255. The van der Waals surface area contributed by atoms with Crippen molar-refractivity contribution in [2.45, 2.75) is 99.0 Å². The minimum atomic E-state index is -2.72. The van der Waals surface area contributed by atoms with E-state index in [9.17, 15) is 0 Å². The Hall–Kier alpha value is -1.06. The Morgan fingerprint density at radius 1 is 0.571 bits per heavy atom. The van der Waals surface area contributed by atoms with E-state index in [1.165, 1.54) is 58.4 Å². The van der Waals surface area contributed by atoms with Gasteiger partial charge in [-0.3, -0.25) is 0 Å². The molecule has 42 heavy (non-hydrogen) atoms. The monoisotopic (exact) mass is 672 g/mol. The van der Waals surface area contributed by atoms with E-state index < -0.39 is 8.07 Å². The Morgan fingerprint density at radius 2 is 1.00 bits per heavy atom. The maximum absolute atomic E-state index is 2.72. The van der Waals surface area contributed by atoms with Gasteiger partial charge in [0, 0.05) is 0 Å². The zero-order valence-corrected chi connectivity index (χ0v) is 32.3. The van der Waals surface area contributed by atoms with Crippen molar-refractivity contribution in [3.63, 3.8) is 0 Å². The van der Waals surface area contributed by atoms with Crippen LogP contribution in [0, 0.1) is 13.8 Å². The largest absolute Gasteiger partial charge is 1.00 e. The van der Waals surface area contributed by atoms with Crippen LogP contribution in [0.2, 0.25) is 5.04 Å². The Labute approximate surface area is 287 Å². The molecule has 0 nitrogen and oxygen atoms in total. The van der Waals surface area contributed by atoms with E-state index in [4.69, 9.17) is 0 Å². The van der Waals surface area contributed by atoms with Crippen LogP contribution in [0.5, 0.6) is 0 Å². The van der Waals surface area contributed by atoms with E-state index in [0.29, 0.717) is 0 Å². The molecule has 0 saturated heterocycles. The Bertz CT molecular complexity index is 1410. The predicted octanol–water partition coefficient (Wildman–Crippen LogP) is -0.688. The molecule has 0 fully saturated rings. The topological polar surface area (TPSA) is 0 Å². The van der Waals surface area contributed by atoms with Gasteiger partial charge in [0.1, 0.15) is 0 Å². The van der Waals surface area contributed by atoms with Crippen molar-refractivity contribution in [2.75, 3.05) is 0 Å². The molecule has 0 heterocycles. The van der Waals surface area contributed by atoms with Gasteiger partial charge in [0.15, 0.2) is 0 Å². The van der Waals surface area contributed by atoms with Crippen molar-refractivity contribution in [3.05, 3.63) is 110 Å². The maximum atomic E-state index is 2.60. The molecule has 0 saturated carbocycles. The molecule has 1 aliphatic carbocycles. The van der Waals surface area contributed by atoms with E-state index in [2.05, 4.69) is 170 Å². The maximum Gasteiger partial charge on any atom is -1.00 e. The first-order valence-corrected chi connectivity index (χ1v) is 17.2. The number of allylic oxidation sites excluding steroid dienone is 4. The van der Waals surface area contributed by atoms with Crippen LogP contribution in [0.1, 0.15) is 91.5 Å². The fourth-order valence-electron chi connectivity index (χ4n) is 6.83. The van der Waals surface area contributed by atoms with Crippen LogP contribution >= 0.6 is 0 Å². The second-order valence-corrected chi connectivity index (χ2v) is 19.2. The van der Waals surface area contributed by atoms with Crippen molar-refractivity contribution in [2.24, 2.45) is 0 Å². The normalized spacial score (nSPS) is 18.6. The van der Waals surface area contributed by atoms with Gasteiger partial charge < -0.3 is 37.2 Å². The number of rotatable bonds is 4. The van der Waals surface area contributed by atoms with Crippen molar-refractivity contribution < 1.29 is 57.7 Å². The van der Waals surface area contributed by atoms with E-state index >= 15 is 0 Å². The average Bonchev–Trinajstić information content (AvgIpc) is 2.99. The van der Waals surface area contributed by atoms with Crippen LogP contribution in [0.25, 0.3) is 0 Å². The van der Waals surface area contributed by atoms with Gasteiger partial charge in [-0.1, -0.05) is 0 Å². The first-order chi connectivity index (χ1) is 18.0. The molecule has 0 N–H and O–H groups in total. The third kappa shape index (κ3) is 6.35. The molecular weight excluding hydrogens is 627 g/mol. The summed E-state index contributed by atoms with van der Waals surface area (Å²) in [4.78, 5) is 0. The molecule has 0 bridgehead atoms. The van der Waals surface area contributed by atoms with Gasteiger partial charge in [-0.15, -0.1) is 0 Å². The van der Waals surface area contributed by atoms with Gasteiger partial charge in [0.05, 0.1) is 0 Å². The van der Waals surface area contributed by atoms with Crippen LogP contribution in [-0.2, 0) is 31.3 Å². The van der Waals surface area contributed by atoms with E-state index in [0.717, 1.165) is 0 Å². The molecule has 2 atom stereocenters. The molecule has 5 heteroatoms.